The van der Waals surface area contributed by atoms with Gasteiger partial charge in [-0.3, -0.25) is 9.69 Å². The van der Waals surface area contributed by atoms with Crippen molar-refractivity contribution in [2.75, 3.05) is 34.4 Å². The van der Waals surface area contributed by atoms with Crippen molar-refractivity contribution in [3.63, 3.8) is 0 Å². The van der Waals surface area contributed by atoms with Crippen LogP contribution in [-0.4, -0.2) is 55.0 Å². The van der Waals surface area contributed by atoms with E-state index in [0.717, 1.165) is 46.2 Å². The highest BCUT2D eigenvalue weighted by Crippen LogP contribution is 2.33. The van der Waals surface area contributed by atoms with Gasteiger partial charge in [0.15, 0.2) is 11.5 Å². The Hall–Kier alpha value is -2.64. The maximum absolute atomic E-state index is 13.0. The number of likely N-dealkylation sites (N-methyl/N-ethyl adjacent to an activating group) is 1. The molecule has 0 spiro atoms. The summed E-state index contributed by atoms with van der Waals surface area (Å²) in [5.41, 5.74) is 3.43. The van der Waals surface area contributed by atoms with Crippen LogP contribution >= 0.6 is 11.3 Å². The predicted molar refractivity (Wildman–Crippen MR) is 119 cm³/mol. The number of methoxy groups -OCH3 is 2. The second-order valence-corrected chi connectivity index (χ2v) is 8.70. The molecule has 1 aliphatic rings. The highest BCUT2D eigenvalue weighted by Gasteiger charge is 2.25. The molecule has 0 saturated carbocycles. The van der Waals surface area contributed by atoms with Crippen LogP contribution in [0.4, 0.5) is 0 Å². The molecule has 2 aromatic carbocycles. The number of benzene rings is 2. The Labute approximate surface area is 181 Å². The number of para-hydroxylation sites is 1. The molecule has 0 bridgehead atoms. The standard InChI is InChI=1S/C23H27N3O3S/c1-15(23-24-18-7-5-6-8-21(18)30-23)25(2)22(27)14-26-10-9-16-11-19(28-3)20(29-4)12-17(16)13-26/h5-8,11-12,15H,9-10,13-14H2,1-4H3/t15-/m1/s1. The molecule has 1 aromatic heterocycles. The van der Waals surface area contributed by atoms with Crippen molar-refractivity contribution in [3.05, 3.63) is 52.5 Å². The summed E-state index contributed by atoms with van der Waals surface area (Å²) >= 11 is 1.65. The van der Waals surface area contributed by atoms with Crippen molar-refractivity contribution in [1.82, 2.24) is 14.8 Å². The summed E-state index contributed by atoms with van der Waals surface area (Å²) < 4.78 is 12.0. The topological polar surface area (TPSA) is 54.9 Å². The highest BCUT2D eigenvalue weighted by atomic mass is 32.1. The van der Waals surface area contributed by atoms with Crippen molar-refractivity contribution < 1.29 is 14.3 Å². The van der Waals surface area contributed by atoms with E-state index in [9.17, 15) is 4.79 Å². The Kier molecular flexibility index (Phi) is 5.92. The maximum atomic E-state index is 13.0. The third-order valence-electron chi connectivity index (χ3n) is 5.80. The molecule has 0 radical (unpaired) electrons. The van der Waals surface area contributed by atoms with E-state index in [4.69, 9.17) is 14.5 Å². The fourth-order valence-corrected chi connectivity index (χ4v) is 4.89. The molecule has 3 aromatic rings. The summed E-state index contributed by atoms with van der Waals surface area (Å²) in [6.45, 7) is 4.00. The van der Waals surface area contributed by atoms with Crippen molar-refractivity contribution >= 4 is 27.5 Å². The third-order valence-corrected chi connectivity index (χ3v) is 7.00. The van der Waals surface area contributed by atoms with Crippen LogP contribution in [-0.2, 0) is 17.8 Å². The van der Waals surface area contributed by atoms with Crippen LogP contribution in [0.3, 0.4) is 0 Å². The number of ether oxygens (including phenoxy) is 2. The van der Waals surface area contributed by atoms with Crippen LogP contribution in [0.1, 0.15) is 29.1 Å². The largest absolute Gasteiger partial charge is 0.493 e. The minimum absolute atomic E-state index is 0.0590. The van der Waals surface area contributed by atoms with Gasteiger partial charge in [0.05, 0.1) is 37.0 Å². The Morgan fingerprint density at radius 2 is 1.90 bits per heavy atom. The van der Waals surface area contributed by atoms with Gasteiger partial charge in [-0.1, -0.05) is 12.1 Å². The number of fused-ring (bicyclic) bond motifs is 2. The first-order valence-electron chi connectivity index (χ1n) is 10.1. The normalized spacial score (nSPS) is 14.9. The number of aromatic nitrogens is 1. The smallest absolute Gasteiger partial charge is 0.237 e. The first kappa shape index (κ1) is 20.6. The highest BCUT2D eigenvalue weighted by molar-refractivity contribution is 7.18. The summed E-state index contributed by atoms with van der Waals surface area (Å²) in [5, 5.41) is 0.966. The SMILES string of the molecule is COc1cc2c(cc1OC)CN(CC(=O)N(C)[C@H](C)c1nc3ccccc3s1)CC2. The van der Waals surface area contributed by atoms with E-state index in [-0.39, 0.29) is 11.9 Å². The maximum Gasteiger partial charge on any atom is 0.237 e. The zero-order chi connectivity index (χ0) is 21.3. The van der Waals surface area contributed by atoms with E-state index < -0.39 is 0 Å². The number of thiazole rings is 1. The number of nitrogens with zero attached hydrogens (tertiary/aromatic N) is 3. The second-order valence-electron chi connectivity index (χ2n) is 7.64. The minimum Gasteiger partial charge on any atom is -0.493 e. The third kappa shape index (κ3) is 4.00. The van der Waals surface area contributed by atoms with Crippen LogP contribution in [0.25, 0.3) is 10.2 Å². The fraction of sp³-hybridized carbons (Fsp3) is 0.391. The molecule has 1 aliphatic heterocycles. The van der Waals surface area contributed by atoms with Gasteiger partial charge in [0.2, 0.25) is 5.91 Å². The number of amides is 1. The van der Waals surface area contributed by atoms with E-state index in [1.54, 1.807) is 25.6 Å². The second kappa shape index (κ2) is 8.62. The first-order chi connectivity index (χ1) is 14.5. The molecule has 6 nitrogen and oxygen atoms in total. The van der Waals surface area contributed by atoms with E-state index >= 15 is 0 Å². The molecule has 0 aliphatic carbocycles. The van der Waals surface area contributed by atoms with Gasteiger partial charge in [0.25, 0.3) is 0 Å². The molecule has 2 heterocycles. The molecule has 158 valence electrons. The van der Waals surface area contributed by atoms with Gasteiger partial charge in [-0.05, 0) is 48.7 Å². The van der Waals surface area contributed by atoms with E-state index in [1.165, 1.54) is 11.1 Å². The van der Waals surface area contributed by atoms with Crippen LogP contribution in [0.2, 0.25) is 0 Å². The van der Waals surface area contributed by atoms with Crippen molar-refractivity contribution in [2.45, 2.75) is 25.9 Å². The number of hydrogen-bond donors (Lipinski definition) is 0. The minimum atomic E-state index is -0.0590. The lowest BCUT2D eigenvalue weighted by atomic mass is 9.98. The predicted octanol–water partition coefficient (Wildman–Crippen LogP) is 3.89. The van der Waals surface area contributed by atoms with Gasteiger partial charge in [-0.25, -0.2) is 4.98 Å². The summed E-state index contributed by atoms with van der Waals surface area (Å²) in [4.78, 5) is 21.7. The Morgan fingerprint density at radius 1 is 1.20 bits per heavy atom. The summed E-state index contributed by atoms with van der Waals surface area (Å²) in [6.07, 6.45) is 0.889. The molecular formula is C23H27N3O3S. The van der Waals surface area contributed by atoms with E-state index in [0.29, 0.717) is 6.54 Å². The fourth-order valence-electron chi connectivity index (χ4n) is 3.83. The molecule has 0 unspecified atom stereocenters. The lowest BCUT2D eigenvalue weighted by Crippen LogP contribution is -2.41. The van der Waals surface area contributed by atoms with Crippen LogP contribution in [0.15, 0.2) is 36.4 Å². The zero-order valence-electron chi connectivity index (χ0n) is 17.8. The van der Waals surface area contributed by atoms with Gasteiger partial charge in [0.1, 0.15) is 5.01 Å². The van der Waals surface area contributed by atoms with Gasteiger partial charge in [0, 0.05) is 20.1 Å². The Morgan fingerprint density at radius 3 is 2.60 bits per heavy atom. The lowest BCUT2D eigenvalue weighted by Gasteiger charge is -2.31. The number of rotatable bonds is 6. The van der Waals surface area contributed by atoms with Crippen LogP contribution < -0.4 is 9.47 Å². The van der Waals surface area contributed by atoms with Crippen molar-refractivity contribution in [3.8, 4) is 11.5 Å². The molecule has 30 heavy (non-hydrogen) atoms. The molecule has 1 amide bonds. The van der Waals surface area contributed by atoms with Gasteiger partial charge >= 0.3 is 0 Å². The summed E-state index contributed by atoms with van der Waals surface area (Å²) in [5.74, 6) is 1.59. The first-order valence-corrected chi connectivity index (χ1v) is 10.9. The number of carbonyl (C=O) groups is 1. The molecule has 4 rings (SSSR count). The Bertz CT molecular complexity index is 1030. The molecule has 0 fully saturated rings. The average molecular weight is 426 g/mol. The zero-order valence-corrected chi connectivity index (χ0v) is 18.7. The molecule has 0 N–H and O–H groups in total. The summed E-state index contributed by atoms with van der Waals surface area (Å²) in [6, 6.07) is 12.1. The van der Waals surface area contributed by atoms with E-state index in [2.05, 4.69) is 17.0 Å². The van der Waals surface area contributed by atoms with Gasteiger partial charge in [-0.2, -0.15) is 0 Å². The van der Waals surface area contributed by atoms with Crippen LogP contribution in [0, 0.1) is 0 Å². The van der Waals surface area contributed by atoms with Crippen molar-refractivity contribution in [1.29, 1.82) is 0 Å². The summed E-state index contributed by atoms with van der Waals surface area (Å²) in [7, 11) is 5.16. The Balaban J connectivity index is 1.43. The molecule has 0 saturated heterocycles. The molecule has 7 heteroatoms. The van der Waals surface area contributed by atoms with Crippen LogP contribution in [0.5, 0.6) is 11.5 Å². The molecule has 1 atom stereocenters. The number of carbonyl (C=O) groups excluding carboxylic acids is 1. The molecular weight excluding hydrogens is 398 g/mol. The monoisotopic (exact) mass is 425 g/mol. The van der Waals surface area contributed by atoms with Gasteiger partial charge in [-0.15, -0.1) is 11.3 Å². The quantitative estimate of drug-likeness (QED) is 0.600. The lowest BCUT2D eigenvalue weighted by molar-refractivity contribution is -0.133. The van der Waals surface area contributed by atoms with Crippen molar-refractivity contribution in [2.24, 2.45) is 0 Å². The van der Waals surface area contributed by atoms with Gasteiger partial charge < -0.3 is 14.4 Å². The van der Waals surface area contributed by atoms with E-state index in [1.807, 2.05) is 43.1 Å². The average Bonchev–Trinajstić information content (AvgIpc) is 3.21. The number of hydrogen-bond acceptors (Lipinski definition) is 6.